The molecule has 2 aromatic carbocycles. The Morgan fingerprint density at radius 3 is 2.42 bits per heavy atom. The average molecular weight is 357 g/mol. The van der Waals surface area contributed by atoms with Gasteiger partial charge in [0.2, 0.25) is 0 Å². The number of ether oxygens (including phenoxy) is 1. The van der Waals surface area contributed by atoms with E-state index in [1.165, 1.54) is 25.3 Å². The SMILES string of the molecule is COc1ccc(-c2ccc(-c3nc(C4(N)CCC4)no3)c(F)c2)c(F)c1. The maximum absolute atomic E-state index is 14.6. The topological polar surface area (TPSA) is 74.2 Å². The summed E-state index contributed by atoms with van der Waals surface area (Å²) in [7, 11) is 1.45. The number of hydrogen-bond acceptors (Lipinski definition) is 5. The van der Waals surface area contributed by atoms with Gasteiger partial charge in [-0.1, -0.05) is 11.2 Å². The molecular weight excluding hydrogens is 340 g/mol. The molecule has 4 rings (SSSR count). The second-order valence-corrected chi connectivity index (χ2v) is 6.47. The molecule has 1 aliphatic carbocycles. The van der Waals surface area contributed by atoms with Crippen molar-refractivity contribution in [3.8, 4) is 28.3 Å². The van der Waals surface area contributed by atoms with Gasteiger partial charge in [-0.2, -0.15) is 4.98 Å². The number of aromatic nitrogens is 2. The first-order chi connectivity index (χ1) is 12.5. The Morgan fingerprint density at radius 2 is 1.81 bits per heavy atom. The maximum atomic E-state index is 14.6. The summed E-state index contributed by atoms with van der Waals surface area (Å²) in [5.41, 5.74) is 6.42. The first-order valence-electron chi connectivity index (χ1n) is 8.27. The summed E-state index contributed by atoms with van der Waals surface area (Å²) < 4.78 is 39.0. The fourth-order valence-electron chi connectivity index (χ4n) is 3.03. The van der Waals surface area contributed by atoms with Crippen LogP contribution in [0.25, 0.3) is 22.6 Å². The molecule has 0 bridgehead atoms. The predicted octanol–water partition coefficient (Wildman–Crippen LogP) is 4.03. The summed E-state index contributed by atoms with van der Waals surface area (Å²) >= 11 is 0. The lowest BCUT2D eigenvalue weighted by atomic mass is 9.77. The van der Waals surface area contributed by atoms with Crippen molar-refractivity contribution in [1.82, 2.24) is 10.1 Å². The first kappa shape index (κ1) is 16.7. The van der Waals surface area contributed by atoms with E-state index in [1.54, 1.807) is 18.2 Å². The van der Waals surface area contributed by atoms with Gasteiger partial charge in [0, 0.05) is 11.6 Å². The van der Waals surface area contributed by atoms with Gasteiger partial charge >= 0.3 is 0 Å². The van der Waals surface area contributed by atoms with Gasteiger partial charge in [-0.05, 0) is 49.1 Å². The molecule has 0 saturated heterocycles. The van der Waals surface area contributed by atoms with Crippen LogP contribution in [-0.2, 0) is 5.54 Å². The molecule has 0 atom stereocenters. The molecule has 1 saturated carbocycles. The molecule has 134 valence electrons. The molecule has 2 N–H and O–H groups in total. The van der Waals surface area contributed by atoms with Gasteiger partial charge < -0.3 is 15.0 Å². The first-order valence-corrected chi connectivity index (χ1v) is 8.27. The lowest BCUT2D eigenvalue weighted by Crippen LogP contribution is -2.44. The van der Waals surface area contributed by atoms with Crippen molar-refractivity contribution in [2.45, 2.75) is 24.8 Å². The van der Waals surface area contributed by atoms with E-state index in [2.05, 4.69) is 10.1 Å². The third-order valence-corrected chi connectivity index (χ3v) is 4.80. The van der Waals surface area contributed by atoms with E-state index < -0.39 is 17.2 Å². The van der Waals surface area contributed by atoms with Crippen LogP contribution < -0.4 is 10.5 Å². The van der Waals surface area contributed by atoms with Crippen LogP contribution in [0.4, 0.5) is 8.78 Å². The minimum absolute atomic E-state index is 0.0657. The van der Waals surface area contributed by atoms with E-state index in [9.17, 15) is 8.78 Å². The summed E-state index contributed by atoms with van der Waals surface area (Å²) in [6.45, 7) is 0. The van der Waals surface area contributed by atoms with Gasteiger partial charge in [-0.15, -0.1) is 0 Å². The smallest absolute Gasteiger partial charge is 0.260 e. The Labute approximate surface area is 148 Å². The van der Waals surface area contributed by atoms with Gasteiger partial charge in [0.1, 0.15) is 17.4 Å². The molecule has 1 aromatic heterocycles. The number of benzene rings is 2. The zero-order valence-corrected chi connectivity index (χ0v) is 14.1. The van der Waals surface area contributed by atoms with Gasteiger partial charge in [0.05, 0.1) is 18.2 Å². The molecule has 0 aliphatic heterocycles. The maximum Gasteiger partial charge on any atom is 0.260 e. The molecule has 1 fully saturated rings. The number of halogens is 2. The average Bonchev–Trinajstić information content (AvgIpc) is 3.09. The Morgan fingerprint density at radius 1 is 1.08 bits per heavy atom. The zero-order valence-electron chi connectivity index (χ0n) is 14.1. The lowest BCUT2D eigenvalue weighted by Gasteiger charge is -2.34. The minimum atomic E-state index is -0.579. The van der Waals surface area contributed by atoms with Crippen LogP contribution in [0.3, 0.4) is 0 Å². The minimum Gasteiger partial charge on any atom is -0.497 e. The Hall–Kier alpha value is -2.80. The Kier molecular flexibility index (Phi) is 3.96. The quantitative estimate of drug-likeness (QED) is 0.763. The van der Waals surface area contributed by atoms with E-state index in [0.717, 1.165) is 19.3 Å². The normalized spacial score (nSPS) is 15.5. The van der Waals surface area contributed by atoms with Crippen LogP contribution in [0.2, 0.25) is 0 Å². The van der Waals surface area contributed by atoms with Crippen LogP contribution >= 0.6 is 0 Å². The van der Waals surface area contributed by atoms with Crippen molar-refractivity contribution in [2.24, 2.45) is 5.73 Å². The summed E-state index contributed by atoms with van der Waals surface area (Å²) in [6, 6.07) is 8.76. The van der Waals surface area contributed by atoms with Gasteiger partial charge in [0.25, 0.3) is 5.89 Å². The third kappa shape index (κ3) is 2.74. The fraction of sp³-hybridized carbons (Fsp3) is 0.263. The second-order valence-electron chi connectivity index (χ2n) is 6.47. The largest absolute Gasteiger partial charge is 0.497 e. The third-order valence-electron chi connectivity index (χ3n) is 4.80. The molecule has 5 nitrogen and oxygen atoms in total. The number of nitrogens with zero attached hydrogens (tertiary/aromatic N) is 2. The van der Waals surface area contributed by atoms with Gasteiger partial charge in [0.15, 0.2) is 5.82 Å². The number of hydrogen-bond donors (Lipinski definition) is 1. The molecule has 0 radical (unpaired) electrons. The van der Waals surface area contributed by atoms with Crippen LogP contribution in [0.5, 0.6) is 5.75 Å². The van der Waals surface area contributed by atoms with E-state index >= 15 is 0 Å². The fourth-order valence-corrected chi connectivity index (χ4v) is 3.03. The van der Waals surface area contributed by atoms with E-state index in [4.69, 9.17) is 15.0 Å². The van der Waals surface area contributed by atoms with Crippen LogP contribution in [-0.4, -0.2) is 17.3 Å². The predicted molar refractivity (Wildman–Crippen MR) is 91.4 cm³/mol. The number of nitrogens with two attached hydrogens (primary N) is 1. The highest BCUT2D eigenvalue weighted by Gasteiger charge is 2.39. The van der Waals surface area contributed by atoms with E-state index in [-0.39, 0.29) is 17.0 Å². The highest BCUT2D eigenvalue weighted by atomic mass is 19.1. The summed E-state index contributed by atoms with van der Waals surface area (Å²) in [4.78, 5) is 4.24. The molecule has 0 spiro atoms. The second kappa shape index (κ2) is 6.17. The molecular formula is C19H17F2N3O2. The van der Waals surface area contributed by atoms with E-state index in [1.807, 2.05) is 0 Å². The summed E-state index contributed by atoms with van der Waals surface area (Å²) in [5, 5.41) is 3.89. The molecule has 1 heterocycles. The van der Waals surface area contributed by atoms with Gasteiger partial charge in [-0.25, -0.2) is 8.78 Å². The summed E-state index contributed by atoms with van der Waals surface area (Å²) in [5.74, 6) is -0.216. The molecule has 1 aliphatic rings. The van der Waals surface area contributed by atoms with Crippen LogP contribution in [0, 0.1) is 11.6 Å². The molecule has 0 unspecified atom stereocenters. The molecule has 3 aromatic rings. The number of rotatable bonds is 4. The van der Waals surface area contributed by atoms with Crippen molar-refractivity contribution in [3.63, 3.8) is 0 Å². The van der Waals surface area contributed by atoms with Crippen molar-refractivity contribution < 1.29 is 18.0 Å². The van der Waals surface area contributed by atoms with E-state index in [0.29, 0.717) is 17.1 Å². The standard InChI is InChI=1S/C19H17F2N3O2/c1-25-12-4-6-13(16(21)10-12)11-3-5-14(15(20)9-11)17-23-18(24-26-17)19(22)7-2-8-19/h3-6,9-10H,2,7-8,22H2,1H3. The summed E-state index contributed by atoms with van der Waals surface area (Å²) in [6.07, 6.45) is 2.57. The highest BCUT2D eigenvalue weighted by molar-refractivity contribution is 5.69. The highest BCUT2D eigenvalue weighted by Crippen LogP contribution is 2.38. The molecule has 26 heavy (non-hydrogen) atoms. The Bertz CT molecular complexity index is 967. The van der Waals surface area contributed by atoms with Crippen molar-refractivity contribution in [1.29, 1.82) is 0 Å². The van der Waals surface area contributed by atoms with Crippen LogP contribution in [0.1, 0.15) is 25.1 Å². The lowest BCUT2D eigenvalue weighted by molar-refractivity contribution is 0.229. The van der Waals surface area contributed by atoms with Crippen molar-refractivity contribution in [3.05, 3.63) is 53.9 Å². The molecule has 7 heteroatoms. The van der Waals surface area contributed by atoms with Gasteiger partial charge in [-0.3, -0.25) is 0 Å². The molecule has 0 amide bonds. The van der Waals surface area contributed by atoms with Crippen molar-refractivity contribution >= 4 is 0 Å². The number of methoxy groups -OCH3 is 1. The zero-order chi connectivity index (χ0) is 18.3. The Balaban J connectivity index is 1.66. The van der Waals surface area contributed by atoms with Crippen LogP contribution in [0.15, 0.2) is 40.9 Å². The van der Waals surface area contributed by atoms with Crippen molar-refractivity contribution in [2.75, 3.05) is 7.11 Å². The monoisotopic (exact) mass is 357 g/mol.